The van der Waals surface area contributed by atoms with E-state index in [0.29, 0.717) is 6.54 Å². The average Bonchev–Trinajstić information content (AvgIpc) is 2.99. The van der Waals surface area contributed by atoms with Crippen molar-refractivity contribution in [1.29, 1.82) is 0 Å². The fourth-order valence-corrected chi connectivity index (χ4v) is 2.04. The lowest BCUT2D eigenvalue weighted by Crippen LogP contribution is -2.15. The highest BCUT2D eigenvalue weighted by Crippen LogP contribution is 2.23. The highest BCUT2D eigenvalue weighted by Gasteiger charge is 2.15. The molecule has 0 saturated carbocycles. The number of imidazole rings is 2. The van der Waals surface area contributed by atoms with Crippen molar-refractivity contribution in [2.75, 3.05) is 6.54 Å². The SMILES string of the molecule is NCC(c1ccc2nc[nH]c2c1)c1ncc[nH]1. The third kappa shape index (κ3) is 1.70. The van der Waals surface area contributed by atoms with Gasteiger partial charge in [-0.05, 0) is 17.7 Å². The van der Waals surface area contributed by atoms with Crippen LogP contribution in [0.3, 0.4) is 0 Å². The van der Waals surface area contributed by atoms with Crippen LogP contribution in [0.5, 0.6) is 0 Å². The second-order valence-corrected chi connectivity index (χ2v) is 3.94. The van der Waals surface area contributed by atoms with Crippen LogP contribution in [-0.2, 0) is 0 Å². The van der Waals surface area contributed by atoms with E-state index in [-0.39, 0.29) is 5.92 Å². The molecule has 3 aromatic rings. The number of H-pyrrole nitrogens is 2. The van der Waals surface area contributed by atoms with Crippen LogP contribution in [0, 0.1) is 0 Å². The number of nitrogens with one attached hydrogen (secondary N) is 2. The van der Waals surface area contributed by atoms with Gasteiger partial charge in [0.2, 0.25) is 0 Å². The molecular weight excluding hydrogens is 214 g/mol. The van der Waals surface area contributed by atoms with Crippen molar-refractivity contribution in [3.05, 3.63) is 48.3 Å². The normalized spacial score (nSPS) is 13.0. The molecule has 17 heavy (non-hydrogen) atoms. The molecule has 1 aromatic carbocycles. The fraction of sp³-hybridized carbons (Fsp3) is 0.167. The van der Waals surface area contributed by atoms with Gasteiger partial charge in [-0.15, -0.1) is 0 Å². The first-order valence-electron chi connectivity index (χ1n) is 5.51. The van der Waals surface area contributed by atoms with Crippen LogP contribution in [-0.4, -0.2) is 26.5 Å². The number of hydrogen-bond acceptors (Lipinski definition) is 3. The molecule has 0 aliphatic rings. The van der Waals surface area contributed by atoms with E-state index in [9.17, 15) is 0 Å². The first-order valence-corrected chi connectivity index (χ1v) is 5.51. The first kappa shape index (κ1) is 10.0. The van der Waals surface area contributed by atoms with Gasteiger partial charge in [0.05, 0.1) is 23.3 Å². The van der Waals surface area contributed by atoms with Crippen LogP contribution in [0.1, 0.15) is 17.3 Å². The Kier molecular flexibility index (Phi) is 2.38. The maximum atomic E-state index is 5.83. The van der Waals surface area contributed by atoms with Gasteiger partial charge in [-0.2, -0.15) is 0 Å². The maximum absolute atomic E-state index is 5.83. The molecule has 0 aliphatic heterocycles. The van der Waals surface area contributed by atoms with E-state index in [1.165, 1.54) is 0 Å². The van der Waals surface area contributed by atoms with Gasteiger partial charge in [-0.3, -0.25) is 0 Å². The lowest BCUT2D eigenvalue weighted by Gasteiger charge is -2.12. The summed E-state index contributed by atoms with van der Waals surface area (Å²) in [6.45, 7) is 0.521. The van der Waals surface area contributed by atoms with Crippen molar-refractivity contribution in [2.24, 2.45) is 5.73 Å². The van der Waals surface area contributed by atoms with E-state index in [2.05, 4.69) is 26.0 Å². The summed E-state index contributed by atoms with van der Waals surface area (Å²) < 4.78 is 0. The van der Waals surface area contributed by atoms with E-state index in [4.69, 9.17) is 5.73 Å². The molecule has 4 N–H and O–H groups in total. The zero-order chi connectivity index (χ0) is 11.7. The Balaban J connectivity index is 2.06. The van der Waals surface area contributed by atoms with Gasteiger partial charge in [0.15, 0.2) is 0 Å². The summed E-state index contributed by atoms with van der Waals surface area (Å²) >= 11 is 0. The molecule has 1 unspecified atom stereocenters. The Morgan fingerprint density at radius 1 is 1.24 bits per heavy atom. The second kappa shape index (κ2) is 4.03. The third-order valence-electron chi connectivity index (χ3n) is 2.93. The molecular formula is C12H13N5. The number of hydrogen-bond donors (Lipinski definition) is 3. The van der Waals surface area contributed by atoms with Gasteiger partial charge in [-0.25, -0.2) is 9.97 Å². The monoisotopic (exact) mass is 227 g/mol. The number of aromatic nitrogens is 4. The van der Waals surface area contributed by atoms with Gasteiger partial charge < -0.3 is 15.7 Å². The zero-order valence-corrected chi connectivity index (χ0v) is 9.22. The zero-order valence-electron chi connectivity index (χ0n) is 9.22. The molecule has 1 atom stereocenters. The van der Waals surface area contributed by atoms with Crippen LogP contribution in [0.25, 0.3) is 11.0 Å². The fourth-order valence-electron chi connectivity index (χ4n) is 2.04. The van der Waals surface area contributed by atoms with Crippen molar-refractivity contribution in [1.82, 2.24) is 19.9 Å². The molecule has 0 spiro atoms. The molecule has 0 fully saturated rings. The lowest BCUT2D eigenvalue weighted by atomic mass is 9.98. The molecule has 3 rings (SSSR count). The van der Waals surface area contributed by atoms with Gasteiger partial charge in [0.1, 0.15) is 5.82 Å². The van der Waals surface area contributed by atoms with Crippen molar-refractivity contribution in [3.8, 4) is 0 Å². The van der Waals surface area contributed by atoms with Crippen molar-refractivity contribution in [2.45, 2.75) is 5.92 Å². The lowest BCUT2D eigenvalue weighted by molar-refractivity contribution is 0.766. The molecule has 2 heterocycles. The minimum absolute atomic E-state index is 0.0951. The molecule has 0 amide bonds. The molecule has 2 aromatic heterocycles. The van der Waals surface area contributed by atoms with Crippen molar-refractivity contribution in [3.63, 3.8) is 0 Å². The Bertz CT molecular complexity index is 611. The number of rotatable bonds is 3. The third-order valence-corrected chi connectivity index (χ3v) is 2.93. The quantitative estimate of drug-likeness (QED) is 0.632. The van der Waals surface area contributed by atoms with E-state index < -0.39 is 0 Å². The van der Waals surface area contributed by atoms with Crippen LogP contribution >= 0.6 is 0 Å². The van der Waals surface area contributed by atoms with Crippen molar-refractivity contribution < 1.29 is 0 Å². The van der Waals surface area contributed by atoms with Crippen LogP contribution in [0.4, 0.5) is 0 Å². The van der Waals surface area contributed by atoms with Crippen molar-refractivity contribution >= 4 is 11.0 Å². The predicted molar refractivity (Wildman–Crippen MR) is 65.6 cm³/mol. The van der Waals surface area contributed by atoms with Gasteiger partial charge in [0.25, 0.3) is 0 Å². The smallest absolute Gasteiger partial charge is 0.114 e. The average molecular weight is 227 g/mol. The standard InChI is InChI=1S/C12H13N5/c13-6-9(12-14-3-4-15-12)8-1-2-10-11(5-8)17-7-16-10/h1-5,7,9H,6,13H2,(H,14,15)(H,16,17). The highest BCUT2D eigenvalue weighted by atomic mass is 14.9. The summed E-state index contributed by atoms with van der Waals surface area (Å²) in [5.74, 6) is 0.990. The summed E-state index contributed by atoms with van der Waals surface area (Å²) in [5.41, 5.74) is 8.95. The molecule has 5 nitrogen and oxygen atoms in total. The largest absolute Gasteiger partial charge is 0.348 e. The predicted octanol–water partition coefficient (Wildman–Crippen LogP) is 1.38. The Morgan fingerprint density at radius 2 is 2.18 bits per heavy atom. The minimum atomic E-state index is 0.0951. The Hall–Kier alpha value is -2.14. The topological polar surface area (TPSA) is 83.4 Å². The van der Waals surface area contributed by atoms with E-state index in [1.54, 1.807) is 12.5 Å². The van der Waals surface area contributed by atoms with Crippen LogP contribution in [0.15, 0.2) is 36.9 Å². The van der Waals surface area contributed by atoms with E-state index in [1.807, 2.05) is 18.3 Å². The molecule has 0 bridgehead atoms. The summed E-state index contributed by atoms with van der Waals surface area (Å²) in [6, 6.07) is 6.11. The summed E-state index contributed by atoms with van der Waals surface area (Å²) in [6.07, 6.45) is 5.25. The van der Waals surface area contributed by atoms with Gasteiger partial charge >= 0.3 is 0 Å². The number of fused-ring (bicyclic) bond motifs is 1. The van der Waals surface area contributed by atoms with Gasteiger partial charge in [0, 0.05) is 18.9 Å². The van der Waals surface area contributed by atoms with Crippen LogP contribution in [0.2, 0.25) is 0 Å². The molecule has 0 radical (unpaired) electrons. The number of benzene rings is 1. The maximum Gasteiger partial charge on any atom is 0.114 e. The highest BCUT2D eigenvalue weighted by molar-refractivity contribution is 5.75. The van der Waals surface area contributed by atoms with E-state index in [0.717, 1.165) is 22.4 Å². The van der Waals surface area contributed by atoms with Gasteiger partial charge in [-0.1, -0.05) is 6.07 Å². The second-order valence-electron chi connectivity index (χ2n) is 3.94. The number of nitrogens with two attached hydrogens (primary N) is 1. The summed E-state index contributed by atoms with van der Waals surface area (Å²) in [4.78, 5) is 14.7. The summed E-state index contributed by atoms with van der Waals surface area (Å²) in [5, 5.41) is 0. The summed E-state index contributed by atoms with van der Waals surface area (Å²) in [7, 11) is 0. The molecule has 86 valence electrons. The number of nitrogens with zero attached hydrogens (tertiary/aromatic N) is 2. The minimum Gasteiger partial charge on any atom is -0.348 e. The molecule has 5 heteroatoms. The van der Waals surface area contributed by atoms with E-state index >= 15 is 0 Å². The van der Waals surface area contributed by atoms with Crippen LogP contribution < -0.4 is 5.73 Å². The molecule has 0 saturated heterocycles. The Labute approximate surface area is 98.1 Å². The Morgan fingerprint density at radius 3 is 2.94 bits per heavy atom. The first-order chi connectivity index (χ1) is 8.38. The number of aromatic amines is 2. The molecule has 0 aliphatic carbocycles.